The van der Waals surface area contributed by atoms with E-state index in [1.807, 2.05) is 0 Å². The standard InChI is InChI=1S/C48H48N2/c1-27-17-19-42(40(25-27)35(9)44-31(5)21-29(3)22-32(44)6)49-47-38-15-11-13-37-14-12-16-39(46(37)38)48(47)50-43-20-18-28(2)26-41(43)36(10)45-33(7)23-30(4)24-34(45)8/h11-26,35-36H,1-10H3. The van der Waals surface area contributed by atoms with Gasteiger partial charge < -0.3 is 0 Å². The van der Waals surface area contributed by atoms with Crippen molar-refractivity contribution in [1.29, 1.82) is 0 Å². The summed E-state index contributed by atoms with van der Waals surface area (Å²) in [6, 6.07) is 35.8. The molecule has 0 N–H and O–H groups in total. The first kappa shape index (κ1) is 33.4. The van der Waals surface area contributed by atoms with Crippen LogP contribution < -0.4 is 0 Å². The quantitative estimate of drug-likeness (QED) is 0.171. The Balaban J connectivity index is 1.45. The van der Waals surface area contributed by atoms with Crippen LogP contribution in [0.2, 0.25) is 0 Å². The van der Waals surface area contributed by atoms with Crippen LogP contribution in [0, 0.1) is 55.4 Å². The van der Waals surface area contributed by atoms with E-state index in [0.29, 0.717) is 0 Å². The number of aryl methyl sites for hydroxylation is 8. The predicted octanol–water partition coefficient (Wildman–Crippen LogP) is 12.9. The number of hydrogen-bond donors (Lipinski definition) is 0. The average Bonchev–Trinajstić information content (AvgIpc) is 3.34. The van der Waals surface area contributed by atoms with Gasteiger partial charge in [-0.3, -0.25) is 0 Å². The third-order valence-corrected chi connectivity index (χ3v) is 10.7. The number of hydrogen-bond acceptors (Lipinski definition) is 2. The van der Waals surface area contributed by atoms with Crippen molar-refractivity contribution in [1.82, 2.24) is 0 Å². The number of aliphatic imine (C=N–C) groups is 2. The van der Waals surface area contributed by atoms with E-state index in [9.17, 15) is 0 Å². The average molecular weight is 653 g/mol. The Morgan fingerprint density at radius 2 is 0.800 bits per heavy atom. The second-order valence-electron chi connectivity index (χ2n) is 14.8. The van der Waals surface area contributed by atoms with Gasteiger partial charge in [-0.1, -0.05) is 121 Å². The van der Waals surface area contributed by atoms with Gasteiger partial charge in [-0.2, -0.15) is 0 Å². The van der Waals surface area contributed by atoms with E-state index in [4.69, 9.17) is 9.98 Å². The predicted molar refractivity (Wildman–Crippen MR) is 215 cm³/mol. The Kier molecular flexibility index (Phi) is 8.68. The van der Waals surface area contributed by atoms with E-state index >= 15 is 0 Å². The fourth-order valence-electron chi connectivity index (χ4n) is 8.76. The highest BCUT2D eigenvalue weighted by Crippen LogP contribution is 2.41. The molecule has 2 nitrogen and oxygen atoms in total. The molecule has 50 heavy (non-hydrogen) atoms. The normalized spacial score (nSPS) is 15.3. The van der Waals surface area contributed by atoms with Gasteiger partial charge in [-0.05, 0) is 117 Å². The minimum Gasteiger partial charge on any atom is -0.246 e. The summed E-state index contributed by atoms with van der Waals surface area (Å²) in [5, 5.41) is 2.44. The molecule has 0 heterocycles. The van der Waals surface area contributed by atoms with Crippen LogP contribution in [0.5, 0.6) is 0 Å². The summed E-state index contributed by atoms with van der Waals surface area (Å²) in [7, 11) is 0. The maximum Gasteiger partial charge on any atom is 0.0978 e. The Morgan fingerprint density at radius 3 is 1.18 bits per heavy atom. The first-order valence-corrected chi connectivity index (χ1v) is 18.0. The van der Waals surface area contributed by atoms with Crippen molar-refractivity contribution in [3.63, 3.8) is 0 Å². The lowest BCUT2D eigenvalue weighted by molar-refractivity contribution is 0.893. The van der Waals surface area contributed by atoms with Crippen LogP contribution in [-0.4, -0.2) is 11.4 Å². The zero-order valence-corrected chi connectivity index (χ0v) is 31.3. The number of rotatable bonds is 6. The SMILES string of the molecule is Cc1cc(C)c(C(C)c2cc(C)ccc2N=C2C(=Nc3ccc(C)cc3C(C)c3c(C)cc(C)cc3C)c3cccc4cccc2c34)c(C)c1. The molecular formula is C48H48N2. The van der Waals surface area contributed by atoms with Gasteiger partial charge in [0, 0.05) is 28.3 Å². The molecule has 0 saturated carbocycles. The van der Waals surface area contributed by atoms with Crippen LogP contribution in [0.15, 0.2) is 107 Å². The molecule has 0 aromatic heterocycles. The summed E-state index contributed by atoms with van der Waals surface area (Å²) in [5.41, 5.74) is 21.8. The molecule has 2 atom stereocenters. The van der Waals surface area contributed by atoms with Crippen LogP contribution in [0.25, 0.3) is 10.8 Å². The molecule has 6 aromatic rings. The Hall–Kier alpha value is -5.08. The third kappa shape index (κ3) is 5.92. The molecule has 1 aliphatic rings. The summed E-state index contributed by atoms with van der Waals surface area (Å²) >= 11 is 0. The van der Waals surface area contributed by atoms with Crippen molar-refractivity contribution < 1.29 is 0 Å². The van der Waals surface area contributed by atoms with Gasteiger partial charge in [0.05, 0.1) is 22.8 Å². The highest BCUT2D eigenvalue weighted by Gasteiger charge is 2.29. The van der Waals surface area contributed by atoms with Crippen molar-refractivity contribution >= 4 is 33.6 Å². The molecular weight excluding hydrogens is 605 g/mol. The Morgan fingerprint density at radius 1 is 0.420 bits per heavy atom. The van der Waals surface area contributed by atoms with E-state index in [2.05, 4.69) is 166 Å². The fraction of sp³-hybridized carbons (Fsp3) is 0.250. The lowest BCUT2D eigenvalue weighted by Gasteiger charge is -2.22. The molecule has 0 radical (unpaired) electrons. The van der Waals surface area contributed by atoms with E-state index in [-0.39, 0.29) is 11.8 Å². The fourth-order valence-corrected chi connectivity index (χ4v) is 8.76. The molecule has 2 unspecified atom stereocenters. The Bertz CT molecular complexity index is 2180. The van der Waals surface area contributed by atoms with E-state index in [1.165, 1.54) is 77.5 Å². The van der Waals surface area contributed by atoms with Crippen molar-refractivity contribution in [2.45, 2.75) is 81.1 Å². The van der Waals surface area contributed by atoms with E-state index in [0.717, 1.165) is 33.9 Å². The molecule has 0 bridgehead atoms. The van der Waals surface area contributed by atoms with Gasteiger partial charge in [-0.15, -0.1) is 0 Å². The first-order chi connectivity index (χ1) is 23.9. The van der Waals surface area contributed by atoms with Gasteiger partial charge in [0.15, 0.2) is 0 Å². The summed E-state index contributed by atoms with van der Waals surface area (Å²) < 4.78 is 0. The molecule has 6 aromatic carbocycles. The van der Waals surface area contributed by atoms with Gasteiger partial charge in [0.1, 0.15) is 0 Å². The summed E-state index contributed by atoms with van der Waals surface area (Å²) in [4.78, 5) is 11.2. The summed E-state index contributed by atoms with van der Waals surface area (Å²) in [6.07, 6.45) is 0. The lowest BCUT2D eigenvalue weighted by atomic mass is 9.84. The highest BCUT2D eigenvalue weighted by molar-refractivity contribution is 6.61. The van der Waals surface area contributed by atoms with E-state index < -0.39 is 0 Å². The molecule has 250 valence electrons. The van der Waals surface area contributed by atoms with Crippen LogP contribution >= 0.6 is 0 Å². The van der Waals surface area contributed by atoms with Gasteiger partial charge >= 0.3 is 0 Å². The van der Waals surface area contributed by atoms with Gasteiger partial charge in [0.25, 0.3) is 0 Å². The largest absolute Gasteiger partial charge is 0.246 e. The van der Waals surface area contributed by atoms with Crippen LogP contribution in [0.3, 0.4) is 0 Å². The minimum absolute atomic E-state index is 0.181. The minimum atomic E-state index is 0.181. The van der Waals surface area contributed by atoms with Crippen LogP contribution in [-0.2, 0) is 0 Å². The molecule has 7 rings (SSSR count). The molecule has 0 saturated heterocycles. The second-order valence-corrected chi connectivity index (χ2v) is 14.8. The van der Waals surface area contributed by atoms with E-state index in [1.54, 1.807) is 0 Å². The first-order valence-electron chi connectivity index (χ1n) is 18.0. The second kappa shape index (κ2) is 13.0. The molecule has 0 fully saturated rings. The maximum absolute atomic E-state index is 5.61. The Labute approximate surface area is 298 Å². The zero-order valence-electron chi connectivity index (χ0n) is 31.3. The van der Waals surface area contributed by atoms with Crippen molar-refractivity contribution in [2.24, 2.45) is 9.98 Å². The van der Waals surface area contributed by atoms with Crippen molar-refractivity contribution in [3.05, 3.63) is 175 Å². The maximum atomic E-state index is 5.61. The number of nitrogens with zero attached hydrogens (tertiary/aromatic N) is 2. The summed E-state index contributed by atoms with van der Waals surface area (Å²) in [5.74, 6) is 0.362. The number of benzene rings is 6. The monoisotopic (exact) mass is 652 g/mol. The zero-order chi connectivity index (χ0) is 35.4. The van der Waals surface area contributed by atoms with Crippen molar-refractivity contribution in [2.75, 3.05) is 0 Å². The van der Waals surface area contributed by atoms with Crippen LogP contribution in [0.4, 0.5) is 11.4 Å². The summed E-state index contributed by atoms with van der Waals surface area (Å²) in [6.45, 7) is 22.4. The third-order valence-electron chi connectivity index (χ3n) is 10.7. The van der Waals surface area contributed by atoms with Gasteiger partial charge in [-0.25, -0.2) is 9.98 Å². The molecule has 0 spiro atoms. The smallest absolute Gasteiger partial charge is 0.0978 e. The molecule has 0 aliphatic heterocycles. The molecule has 0 amide bonds. The molecule has 1 aliphatic carbocycles. The van der Waals surface area contributed by atoms with Crippen molar-refractivity contribution in [3.8, 4) is 0 Å². The topological polar surface area (TPSA) is 24.7 Å². The lowest BCUT2D eigenvalue weighted by Crippen LogP contribution is -2.11. The van der Waals surface area contributed by atoms with Crippen LogP contribution in [0.1, 0.15) is 104 Å². The molecule has 2 heteroatoms. The highest BCUT2D eigenvalue weighted by atomic mass is 14.8. The van der Waals surface area contributed by atoms with Gasteiger partial charge in [0.2, 0.25) is 0 Å².